The molecule has 2 aromatic carbocycles. The van der Waals surface area contributed by atoms with Gasteiger partial charge in [-0.2, -0.15) is 31.4 Å². The van der Waals surface area contributed by atoms with E-state index in [0.717, 1.165) is 10.7 Å². The molecule has 8 nitrogen and oxygen atoms in total. The minimum absolute atomic E-state index is 0.0874. The monoisotopic (exact) mass is 891 g/mol. The maximum Gasteiger partial charge on any atom is 0.429 e. The number of rotatable bonds is 11. The van der Waals surface area contributed by atoms with Crippen molar-refractivity contribution in [3.05, 3.63) is 76.1 Å². The first kappa shape index (κ1) is 46.7. The van der Waals surface area contributed by atoms with Crippen LogP contribution in [0.2, 0.25) is 5.02 Å². The number of nitrogens with zero attached hydrogens (tertiary/aromatic N) is 3. The highest BCUT2D eigenvalue weighted by atomic mass is 35.5. The van der Waals surface area contributed by atoms with Crippen LogP contribution >= 0.6 is 23.4 Å². The van der Waals surface area contributed by atoms with Gasteiger partial charge in [0, 0.05) is 29.0 Å². The molecule has 2 aromatic heterocycles. The van der Waals surface area contributed by atoms with Gasteiger partial charge in [-0.25, -0.2) is 22.5 Å². The highest BCUT2D eigenvalue weighted by Gasteiger charge is 2.76. The molecule has 0 bridgehead atoms. The van der Waals surface area contributed by atoms with Gasteiger partial charge in [-0.1, -0.05) is 30.5 Å². The fraction of sp³-hybridized carbons (Fsp3) is 0.450. The zero-order chi connectivity index (χ0) is 44.7. The molecule has 2 aliphatic carbocycles. The summed E-state index contributed by atoms with van der Waals surface area (Å²) in [4.78, 5) is 15.0. The second-order valence-electron chi connectivity index (χ2n) is 15.0. The van der Waals surface area contributed by atoms with E-state index in [1.54, 1.807) is 37.0 Å². The summed E-state index contributed by atoms with van der Waals surface area (Å²) in [6.07, 6.45) is -7.12. The molecule has 2 fully saturated rings. The number of nitrogens with one attached hydrogen (secondary N) is 3. The smallest absolute Gasteiger partial charge is 0.382 e. The van der Waals surface area contributed by atoms with Gasteiger partial charge in [0.25, 0.3) is 5.92 Å². The lowest BCUT2D eigenvalue weighted by Crippen LogP contribution is -2.52. The third kappa shape index (κ3) is 10.0. The van der Waals surface area contributed by atoms with E-state index in [0.29, 0.717) is 34.4 Å². The number of carbonyl (C=O) groups is 1. The van der Waals surface area contributed by atoms with Gasteiger partial charge in [0.05, 0.1) is 45.0 Å². The predicted octanol–water partition coefficient (Wildman–Crippen LogP) is 9.04. The maximum absolute atomic E-state index is 14.0. The molecule has 6 rings (SSSR count). The fourth-order valence-electron chi connectivity index (χ4n) is 7.72. The van der Waals surface area contributed by atoms with Gasteiger partial charge in [-0.15, -0.1) is 11.8 Å². The summed E-state index contributed by atoms with van der Waals surface area (Å²) in [5.74, 6) is -2.78. The standard InChI is InChI=1S/C29H27ClF5N5S.C11H13F5N2O/c1-28(2,41-4)10-9-19-5-6-20(25(38-19)23(37-3)13-16-11-17(31)14-18(32)12-16)21-7-8-22(30)24-26(21)40(39-27(24)36)15-29(33,34)35;1-4-5-6(8(17)11(14,15)16)9(18-2-3-19)10(12,13)7(4)5/h5-8,11-12,14,23,37H,13,15H2,1-4H3,(H2,36,39);3-7,9,17-18H,2H2,1H3. The lowest BCUT2D eigenvalue weighted by atomic mass is 9.88. The average molecular weight is 892 g/mol. The lowest BCUT2D eigenvalue weighted by molar-refractivity contribution is -0.141. The Labute approximate surface area is 347 Å². The molecular formula is C40H40ClF10N7OS. The molecule has 0 radical (unpaired) electrons. The third-order valence-electron chi connectivity index (χ3n) is 10.6. The average Bonchev–Trinajstić information content (AvgIpc) is 3.62. The highest BCUT2D eigenvalue weighted by molar-refractivity contribution is 8.00. The molecule has 0 spiro atoms. The van der Waals surface area contributed by atoms with Crippen molar-refractivity contribution in [2.45, 2.75) is 68.8 Å². The number of pyridine rings is 1. The van der Waals surface area contributed by atoms with E-state index >= 15 is 0 Å². The Bertz CT molecular complexity index is 2300. The number of halogens is 11. The molecule has 4 aromatic rings. The molecule has 0 saturated heterocycles. The van der Waals surface area contributed by atoms with Crippen molar-refractivity contribution in [3.8, 4) is 23.0 Å². The summed E-state index contributed by atoms with van der Waals surface area (Å²) in [5.41, 5.74) is 6.48. The quantitative estimate of drug-likeness (QED) is 0.0514. The number of aldehydes is 1. The number of benzene rings is 2. The van der Waals surface area contributed by atoms with Crippen molar-refractivity contribution in [1.29, 1.82) is 5.41 Å². The zero-order valence-electron chi connectivity index (χ0n) is 32.6. The van der Waals surface area contributed by atoms with E-state index in [9.17, 15) is 48.7 Å². The number of anilines is 1. The van der Waals surface area contributed by atoms with Crippen LogP contribution in [0.3, 0.4) is 0 Å². The van der Waals surface area contributed by atoms with Gasteiger partial charge >= 0.3 is 12.4 Å². The van der Waals surface area contributed by atoms with Crippen molar-refractivity contribution in [1.82, 2.24) is 25.4 Å². The van der Waals surface area contributed by atoms with E-state index < -0.39 is 84.5 Å². The summed E-state index contributed by atoms with van der Waals surface area (Å²) in [7, 11) is 1.66. The van der Waals surface area contributed by atoms with Crippen LogP contribution in [0.1, 0.15) is 43.8 Å². The Hall–Kier alpha value is -4.38. The lowest BCUT2D eigenvalue weighted by Gasteiger charge is -2.30. The van der Waals surface area contributed by atoms with E-state index in [-0.39, 0.29) is 32.9 Å². The third-order valence-corrected chi connectivity index (χ3v) is 12.0. The minimum Gasteiger partial charge on any atom is -0.382 e. The highest BCUT2D eigenvalue weighted by Crippen LogP contribution is 2.67. The van der Waals surface area contributed by atoms with Gasteiger partial charge in [-0.3, -0.25) is 4.68 Å². The van der Waals surface area contributed by atoms with Gasteiger partial charge in [0.2, 0.25) is 0 Å². The van der Waals surface area contributed by atoms with Crippen LogP contribution in [0.4, 0.5) is 49.7 Å². The predicted molar refractivity (Wildman–Crippen MR) is 211 cm³/mol. The number of carbonyl (C=O) groups excluding carboxylic acids is 1. The number of likely N-dealkylation sites (N-methyl/N-ethyl adjacent to an activating group) is 1. The Morgan fingerprint density at radius 2 is 1.72 bits per heavy atom. The number of hydrogen-bond donors (Lipinski definition) is 4. The molecule has 2 heterocycles. The summed E-state index contributed by atoms with van der Waals surface area (Å²) in [6, 6.07) is 7.31. The summed E-state index contributed by atoms with van der Waals surface area (Å²) >= 11 is 7.93. The molecule has 60 heavy (non-hydrogen) atoms. The van der Waals surface area contributed by atoms with Crippen LogP contribution in [0.5, 0.6) is 0 Å². The van der Waals surface area contributed by atoms with Crippen molar-refractivity contribution >= 4 is 52.1 Å². The van der Waals surface area contributed by atoms with Gasteiger partial charge in [0.15, 0.2) is 5.82 Å². The van der Waals surface area contributed by atoms with E-state index in [2.05, 4.69) is 27.6 Å². The number of alkyl halides is 8. The van der Waals surface area contributed by atoms with Crippen molar-refractivity contribution < 1.29 is 48.7 Å². The number of nitrogen functional groups attached to an aromatic ring is 1. The minimum atomic E-state index is -4.92. The molecular weight excluding hydrogens is 852 g/mol. The first-order chi connectivity index (χ1) is 27.8. The van der Waals surface area contributed by atoms with Crippen LogP contribution < -0.4 is 16.4 Å². The number of nitrogens with two attached hydrogens (primary N) is 1. The molecule has 0 amide bonds. The van der Waals surface area contributed by atoms with Crippen molar-refractivity contribution in [3.63, 3.8) is 0 Å². The number of fused-ring (bicyclic) bond motifs is 2. The molecule has 0 aliphatic heterocycles. The van der Waals surface area contributed by atoms with E-state index in [1.807, 2.05) is 20.1 Å². The van der Waals surface area contributed by atoms with Crippen LogP contribution in [0, 0.1) is 52.6 Å². The van der Waals surface area contributed by atoms with Gasteiger partial charge in [-0.05, 0) is 87.2 Å². The zero-order valence-corrected chi connectivity index (χ0v) is 34.2. The van der Waals surface area contributed by atoms with E-state index in [1.165, 1.54) is 25.1 Å². The fourth-order valence-corrected chi connectivity index (χ4v) is 8.12. The maximum atomic E-state index is 14.0. The molecule has 2 saturated carbocycles. The van der Waals surface area contributed by atoms with E-state index in [4.69, 9.17) is 27.7 Å². The van der Waals surface area contributed by atoms with Gasteiger partial charge in [0.1, 0.15) is 35.9 Å². The summed E-state index contributed by atoms with van der Waals surface area (Å²) in [6.45, 7) is 3.56. The molecule has 6 unspecified atom stereocenters. The van der Waals surface area contributed by atoms with Gasteiger partial charge < -0.3 is 26.6 Å². The SMILES string of the molecule is CC1C2C(C(=N)C(F)(F)F)C(NCC=O)C(F)(F)C12.CNC(Cc1cc(F)cc(F)c1)c1nc(C#CC(C)(C)SC)ccc1-c1ccc(Cl)c2c(N)nn(CC(F)(F)F)c12. The van der Waals surface area contributed by atoms with Crippen LogP contribution in [-0.2, 0) is 17.8 Å². The molecule has 324 valence electrons. The Morgan fingerprint density at radius 3 is 2.28 bits per heavy atom. The summed E-state index contributed by atoms with van der Waals surface area (Å²) < 4.78 is 135. The van der Waals surface area contributed by atoms with Crippen LogP contribution in [0.15, 0.2) is 42.5 Å². The molecule has 5 N–H and O–H groups in total. The molecule has 6 atom stereocenters. The Balaban J connectivity index is 0.000000299. The Morgan fingerprint density at radius 1 is 1.08 bits per heavy atom. The topological polar surface area (TPSA) is 122 Å². The molecule has 2 aliphatic rings. The number of thioether (sulfide) groups is 1. The normalized spacial score (nSPS) is 21.4. The Kier molecular flexibility index (Phi) is 13.6. The number of hydrogen-bond acceptors (Lipinski definition) is 8. The van der Waals surface area contributed by atoms with Crippen molar-refractivity contribution in [2.75, 3.05) is 25.6 Å². The first-order valence-corrected chi connectivity index (χ1v) is 19.9. The molecule has 20 heteroatoms. The largest absolute Gasteiger partial charge is 0.429 e. The van der Waals surface area contributed by atoms with Crippen LogP contribution in [-0.4, -0.2) is 75.7 Å². The first-order valence-electron chi connectivity index (χ1n) is 18.3. The second kappa shape index (κ2) is 17.5. The summed E-state index contributed by atoms with van der Waals surface area (Å²) in [5, 5.41) is 16.7. The van der Waals surface area contributed by atoms with Crippen molar-refractivity contribution in [2.24, 2.45) is 23.7 Å². The van der Waals surface area contributed by atoms with Crippen LogP contribution in [0.25, 0.3) is 22.0 Å². The number of aromatic nitrogens is 3. The second-order valence-corrected chi connectivity index (χ2v) is 16.9.